The predicted molar refractivity (Wildman–Crippen MR) is 119 cm³/mol. The van der Waals surface area contributed by atoms with Crippen molar-refractivity contribution in [2.45, 2.75) is 44.8 Å². The van der Waals surface area contributed by atoms with E-state index in [1.54, 1.807) is 24.3 Å². The Kier molecular flexibility index (Phi) is 7.59. The lowest BCUT2D eigenvalue weighted by molar-refractivity contribution is -0.189. The zero-order valence-electron chi connectivity index (χ0n) is 19.3. The molecule has 0 saturated carbocycles. The van der Waals surface area contributed by atoms with Crippen LogP contribution in [0.1, 0.15) is 49.8 Å². The molecule has 0 amide bonds. The van der Waals surface area contributed by atoms with Crippen LogP contribution in [0.25, 0.3) is 11.1 Å². The summed E-state index contributed by atoms with van der Waals surface area (Å²) >= 11 is 0. The minimum absolute atomic E-state index is 0.00236. The molecule has 0 aliphatic carbocycles. The molecular weight excluding hydrogens is 489 g/mol. The van der Waals surface area contributed by atoms with Gasteiger partial charge in [-0.15, -0.1) is 0 Å². The Balaban J connectivity index is 1.53. The molecule has 1 heterocycles. The first-order valence-corrected chi connectivity index (χ1v) is 11.5. The molecule has 192 valence electrons. The van der Waals surface area contributed by atoms with E-state index in [4.69, 9.17) is 4.74 Å². The van der Waals surface area contributed by atoms with E-state index in [2.05, 4.69) is 11.7 Å². The van der Waals surface area contributed by atoms with Crippen LogP contribution in [0, 0.1) is 35.0 Å². The molecule has 0 radical (unpaired) electrons. The van der Waals surface area contributed by atoms with Gasteiger partial charge in [0.05, 0.1) is 12.7 Å². The molecule has 0 unspecified atom stereocenters. The lowest BCUT2D eigenvalue weighted by atomic mass is 9.91. The Bertz CT molecular complexity index is 1170. The molecular formula is C27H23F7O2. The van der Waals surface area contributed by atoms with Crippen molar-refractivity contribution in [3.63, 3.8) is 0 Å². The zero-order valence-corrected chi connectivity index (χ0v) is 19.3. The van der Waals surface area contributed by atoms with Crippen LogP contribution in [-0.2, 0) is 10.8 Å². The summed E-state index contributed by atoms with van der Waals surface area (Å²) in [5, 5.41) is 0. The van der Waals surface area contributed by atoms with Crippen LogP contribution in [-0.4, -0.2) is 6.61 Å². The van der Waals surface area contributed by atoms with Gasteiger partial charge in [0.2, 0.25) is 0 Å². The molecule has 3 aromatic carbocycles. The minimum Gasteiger partial charge on any atom is -0.429 e. The third-order valence-corrected chi connectivity index (χ3v) is 6.22. The Morgan fingerprint density at radius 1 is 0.833 bits per heavy atom. The van der Waals surface area contributed by atoms with Crippen LogP contribution in [0.15, 0.2) is 48.5 Å². The molecule has 3 aromatic rings. The number of rotatable bonds is 7. The molecule has 1 aliphatic heterocycles. The smallest absolute Gasteiger partial charge is 0.429 e. The Labute approximate surface area is 203 Å². The summed E-state index contributed by atoms with van der Waals surface area (Å²) in [5.74, 6) is -9.33. The third kappa shape index (κ3) is 5.51. The van der Waals surface area contributed by atoms with Gasteiger partial charge in [-0.3, -0.25) is 0 Å². The number of hydrogen-bond donors (Lipinski definition) is 0. The first-order chi connectivity index (χ1) is 17.1. The largest absolute Gasteiger partial charge is 0.432 e. The second-order valence-electron chi connectivity index (χ2n) is 8.81. The normalized spacial score (nSPS) is 18.3. The highest BCUT2D eigenvalue weighted by Crippen LogP contribution is 2.38. The fourth-order valence-corrected chi connectivity index (χ4v) is 4.40. The van der Waals surface area contributed by atoms with Gasteiger partial charge in [-0.2, -0.15) is 8.78 Å². The topological polar surface area (TPSA) is 18.5 Å². The van der Waals surface area contributed by atoms with Crippen molar-refractivity contribution < 1.29 is 40.2 Å². The van der Waals surface area contributed by atoms with Gasteiger partial charge >= 0.3 is 6.11 Å². The van der Waals surface area contributed by atoms with Crippen molar-refractivity contribution in [2.75, 3.05) is 6.61 Å². The fourth-order valence-electron chi connectivity index (χ4n) is 4.40. The molecule has 2 atom stereocenters. The van der Waals surface area contributed by atoms with Gasteiger partial charge < -0.3 is 9.47 Å². The highest BCUT2D eigenvalue weighted by Gasteiger charge is 2.41. The first kappa shape index (κ1) is 26.0. The second kappa shape index (κ2) is 10.5. The maximum atomic E-state index is 14.7. The quantitative estimate of drug-likeness (QED) is 0.234. The highest BCUT2D eigenvalue weighted by molar-refractivity contribution is 5.64. The van der Waals surface area contributed by atoms with E-state index in [1.807, 2.05) is 0 Å². The van der Waals surface area contributed by atoms with Crippen molar-refractivity contribution in [2.24, 2.45) is 5.92 Å². The van der Waals surface area contributed by atoms with Gasteiger partial charge in [0.25, 0.3) is 0 Å². The molecule has 0 aromatic heterocycles. The van der Waals surface area contributed by atoms with Gasteiger partial charge in [-0.25, -0.2) is 22.0 Å². The summed E-state index contributed by atoms with van der Waals surface area (Å²) in [7, 11) is 0. The van der Waals surface area contributed by atoms with Crippen molar-refractivity contribution in [3.05, 3.63) is 88.7 Å². The summed E-state index contributed by atoms with van der Waals surface area (Å²) in [4.78, 5) is 0. The minimum atomic E-state index is -4.64. The van der Waals surface area contributed by atoms with E-state index in [0.717, 1.165) is 31.2 Å². The maximum Gasteiger partial charge on any atom is 0.432 e. The molecule has 1 saturated heterocycles. The molecule has 36 heavy (non-hydrogen) atoms. The van der Waals surface area contributed by atoms with Crippen LogP contribution < -0.4 is 4.74 Å². The summed E-state index contributed by atoms with van der Waals surface area (Å²) < 4.78 is 108. The number of hydrogen-bond acceptors (Lipinski definition) is 2. The number of ether oxygens (including phenoxy) is 2. The van der Waals surface area contributed by atoms with Crippen molar-refractivity contribution in [1.29, 1.82) is 0 Å². The van der Waals surface area contributed by atoms with Gasteiger partial charge in [-0.05, 0) is 54.0 Å². The molecule has 0 bridgehead atoms. The van der Waals surface area contributed by atoms with Crippen LogP contribution in [0.5, 0.6) is 5.75 Å². The van der Waals surface area contributed by atoms with E-state index in [1.165, 1.54) is 0 Å². The van der Waals surface area contributed by atoms with E-state index < -0.39 is 46.5 Å². The van der Waals surface area contributed by atoms with Crippen molar-refractivity contribution in [3.8, 4) is 16.9 Å². The van der Waals surface area contributed by atoms with Gasteiger partial charge in [0, 0.05) is 12.1 Å². The van der Waals surface area contributed by atoms with Crippen LogP contribution in [0.3, 0.4) is 0 Å². The average Bonchev–Trinajstić information content (AvgIpc) is 2.82. The van der Waals surface area contributed by atoms with Crippen LogP contribution in [0.2, 0.25) is 0 Å². The Hall–Kier alpha value is -3.07. The Morgan fingerprint density at radius 2 is 1.44 bits per heavy atom. The second-order valence-corrected chi connectivity index (χ2v) is 8.81. The van der Waals surface area contributed by atoms with E-state index in [0.29, 0.717) is 30.2 Å². The average molecular weight is 512 g/mol. The first-order valence-electron chi connectivity index (χ1n) is 11.5. The summed E-state index contributed by atoms with van der Waals surface area (Å²) in [6.07, 6.45) is -0.604. The molecule has 1 aliphatic rings. The van der Waals surface area contributed by atoms with E-state index in [9.17, 15) is 30.7 Å². The zero-order chi connectivity index (χ0) is 26.0. The van der Waals surface area contributed by atoms with Crippen molar-refractivity contribution in [1.82, 2.24) is 0 Å². The molecule has 1 fully saturated rings. The SMILES string of the molecule is CCC[C@H]1CC[C@H](c2ccc(-c3cc(F)c(C(F)(F)Oc4cc(F)c(F)c(F)c4)c(F)c3)cc2)OC1. The molecule has 2 nitrogen and oxygen atoms in total. The molecule has 0 spiro atoms. The van der Waals surface area contributed by atoms with E-state index >= 15 is 0 Å². The number of alkyl halides is 2. The predicted octanol–water partition coefficient (Wildman–Crippen LogP) is 8.45. The monoisotopic (exact) mass is 512 g/mol. The maximum absolute atomic E-state index is 14.7. The fraction of sp³-hybridized carbons (Fsp3) is 0.333. The third-order valence-electron chi connectivity index (χ3n) is 6.22. The lowest BCUT2D eigenvalue weighted by Crippen LogP contribution is -2.25. The van der Waals surface area contributed by atoms with E-state index in [-0.39, 0.29) is 23.8 Å². The lowest BCUT2D eigenvalue weighted by Gasteiger charge is -2.29. The van der Waals surface area contributed by atoms with Gasteiger partial charge in [0.1, 0.15) is 22.9 Å². The van der Waals surface area contributed by atoms with Gasteiger partial charge in [0.15, 0.2) is 17.5 Å². The standard InChI is InChI=1S/C27H23F7O2/c1-2-3-15-4-9-24(35-14-15)17-7-5-16(6-8-17)18-10-20(28)25(21(29)11-18)27(33,34)36-19-12-22(30)26(32)23(31)13-19/h5-8,10-13,15,24H,2-4,9,14H2,1H3/t15-,24+/m0/s1. The summed E-state index contributed by atoms with van der Waals surface area (Å²) in [6, 6.07) is 8.48. The number of benzene rings is 3. The summed E-state index contributed by atoms with van der Waals surface area (Å²) in [6.45, 7) is 2.80. The Morgan fingerprint density at radius 3 is 1.97 bits per heavy atom. The molecule has 9 heteroatoms. The number of halogens is 7. The highest BCUT2D eigenvalue weighted by atomic mass is 19.3. The van der Waals surface area contributed by atoms with Crippen LogP contribution in [0.4, 0.5) is 30.7 Å². The van der Waals surface area contributed by atoms with Crippen molar-refractivity contribution >= 4 is 0 Å². The van der Waals surface area contributed by atoms with Gasteiger partial charge in [-0.1, -0.05) is 37.6 Å². The molecule has 0 N–H and O–H groups in total. The van der Waals surface area contributed by atoms with Crippen LogP contribution >= 0.6 is 0 Å². The molecule has 4 rings (SSSR count). The summed E-state index contributed by atoms with van der Waals surface area (Å²) in [5.41, 5.74) is -0.451.